The van der Waals surface area contributed by atoms with Crippen molar-refractivity contribution in [3.63, 3.8) is 0 Å². The summed E-state index contributed by atoms with van der Waals surface area (Å²) in [6, 6.07) is 49.3. The van der Waals surface area contributed by atoms with Crippen LogP contribution in [0.15, 0.2) is 146 Å². The second-order valence-corrected chi connectivity index (χ2v) is 11.3. The lowest BCUT2D eigenvalue weighted by Gasteiger charge is -2.13. The number of fused-ring (bicyclic) bond motifs is 2. The van der Waals surface area contributed by atoms with Gasteiger partial charge in [0.2, 0.25) is 0 Å². The maximum Gasteiger partial charge on any atom is 0.196 e. The molecule has 0 bridgehead atoms. The quantitative estimate of drug-likeness (QED) is 0.181. The minimum atomic E-state index is 0.524. The molecule has 0 radical (unpaired) electrons. The van der Waals surface area contributed by atoms with E-state index in [9.17, 15) is 5.26 Å². The van der Waals surface area contributed by atoms with Crippen molar-refractivity contribution in [2.24, 2.45) is 0 Å². The molecule has 0 aliphatic rings. The first-order chi connectivity index (χ1) is 23.7. The highest BCUT2D eigenvalue weighted by Gasteiger charge is 2.18. The molecular formula is C42H24N6. The van der Waals surface area contributed by atoms with Crippen LogP contribution in [0.1, 0.15) is 5.56 Å². The van der Waals surface area contributed by atoms with Crippen LogP contribution in [0.4, 0.5) is 5.69 Å². The predicted molar refractivity (Wildman–Crippen MR) is 191 cm³/mol. The molecule has 0 saturated heterocycles. The Morgan fingerprint density at radius 3 is 1.44 bits per heavy atom. The third-order valence-electron chi connectivity index (χ3n) is 8.34. The fraction of sp³-hybridized carbons (Fsp3) is 0. The summed E-state index contributed by atoms with van der Waals surface area (Å²) in [5.74, 6) is 0. The van der Waals surface area contributed by atoms with Gasteiger partial charge in [-0.25, -0.2) is 24.8 Å². The van der Waals surface area contributed by atoms with Crippen molar-refractivity contribution in [3.05, 3.63) is 163 Å². The van der Waals surface area contributed by atoms with Crippen LogP contribution in [0, 0.1) is 17.9 Å². The highest BCUT2D eigenvalue weighted by molar-refractivity contribution is 5.93. The first-order valence-corrected chi connectivity index (χ1v) is 15.4. The Hall–Kier alpha value is -7.02. The summed E-state index contributed by atoms with van der Waals surface area (Å²) in [6.07, 6.45) is 0. The molecule has 0 saturated carbocycles. The molecule has 6 heteroatoms. The minimum absolute atomic E-state index is 0.524. The Morgan fingerprint density at radius 2 is 0.896 bits per heavy atom. The highest BCUT2D eigenvalue weighted by atomic mass is 14.8. The maximum absolute atomic E-state index is 9.91. The summed E-state index contributed by atoms with van der Waals surface area (Å²) in [5.41, 5.74) is 12.0. The van der Waals surface area contributed by atoms with E-state index in [2.05, 4.69) is 10.9 Å². The molecule has 6 nitrogen and oxygen atoms in total. The van der Waals surface area contributed by atoms with Crippen LogP contribution in [-0.4, -0.2) is 19.9 Å². The van der Waals surface area contributed by atoms with Crippen molar-refractivity contribution in [2.45, 2.75) is 0 Å². The first kappa shape index (κ1) is 28.5. The van der Waals surface area contributed by atoms with Gasteiger partial charge in [0.1, 0.15) is 0 Å². The number of aromatic nitrogens is 4. The number of benzene rings is 6. The molecule has 0 atom stereocenters. The zero-order valence-electron chi connectivity index (χ0n) is 25.5. The van der Waals surface area contributed by atoms with Crippen molar-refractivity contribution < 1.29 is 0 Å². The molecule has 0 aliphatic heterocycles. The standard InChI is InChI=1S/C42H24N6/c1-44-34-19-11-10-18-33(34)42-40(28-14-6-3-7-15-28)46-36-23-21-30(25-38(36)48-42)29-20-22-35-37(24-29)47-41(32-17-9-8-16-31(32)26-43)39(45-35)27-12-4-2-5-13-27/h2-25H. The van der Waals surface area contributed by atoms with Crippen LogP contribution in [0.5, 0.6) is 0 Å². The zero-order valence-corrected chi connectivity index (χ0v) is 25.5. The molecule has 2 heterocycles. The van der Waals surface area contributed by atoms with Crippen molar-refractivity contribution in [3.8, 4) is 62.2 Å². The summed E-state index contributed by atoms with van der Waals surface area (Å²) in [5, 5.41) is 9.91. The third kappa shape index (κ3) is 5.10. The van der Waals surface area contributed by atoms with Gasteiger partial charge in [-0.2, -0.15) is 5.26 Å². The normalized spacial score (nSPS) is 10.9. The van der Waals surface area contributed by atoms with Crippen LogP contribution in [0.3, 0.4) is 0 Å². The lowest BCUT2D eigenvalue weighted by Crippen LogP contribution is -1.98. The molecule has 0 N–H and O–H groups in total. The number of nitriles is 1. The van der Waals surface area contributed by atoms with Crippen molar-refractivity contribution in [2.75, 3.05) is 0 Å². The summed E-state index contributed by atoms with van der Waals surface area (Å²) >= 11 is 0. The van der Waals surface area contributed by atoms with Gasteiger partial charge in [-0.1, -0.05) is 115 Å². The number of hydrogen-bond acceptors (Lipinski definition) is 5. The Kier molecular flexibility index (Phi) is 7.15. The molecule has 48 heavy (non-hydrogen) atoms. The number of nitrogens with zero attached hydrogens (tertiary/aromatic N) is 6. The second-order valence-electron chi connectivity index (χ2n) is 11.3. The van der Waals surface area contributed by atoms with E-state index in [-0.39, 0.29) is 0 Å². The molecular weight excluding hydrogens is 589 g/mol. The molecule has 2 aromatic heterocycles. The van der Waals surface area contributed by atoms with E-state index in [1.807, 2.05) is 140 Å². The van der Waals surface area contributed by atoms with E-state index in [1.54, 1.807) is 6.07 Å². The van der Waals surface area contributed by atoms with Gasteiger partial charge in [-0.3, -0.25) is 0 Å². The van der Waals surface area contributed by atoms with Gasteiger partial charge in [-0.15, -0.1) is 0 Å². The number of rotatable bonds is 5. The van der Waals surface area contributed by atoms with Gasteiger partial charge in [0.15, 0.2) is 5.69 Å². The molecule has 0 amide bonds. The molecule has 0 unspecified atom stereocenters. The summed E-state index contributed by atoms with van der Waals surface area (Å²) in [7, 11) is 0. The average Bonchev–Trinajstić information content (AvgIpc) is 3.17. The van der Waals surface area contributed by atoms with Gasteiger partial charge in [0, 0.05) is 22.3 Å². The molecule has 222 valence electrons. The number of hydrogen-bond donors (Lipinski definition) is 0. The molecule has 0 fully saturated rings. The molecule has 8 rings (SSSR count). The summed E-state index contributed by atoms with van der Waals surface area (Å²) in [6.45, 7) is 7.79. The predicted octanol–water partition coefficient (Wildman–Crippen LogP) is 10.3. The largest absolute Gasteiger partial charge is 0.245 e. The van der Waals surface area contributed by atoms with E-state index in [0.717, 1.165) is 61.3 Å². The van der Waals surface area contributed by atoms with E-state index < -0.39 is 0 Å². The monoisotopic (exact) mass is 612 g/mol. The average molecular weight is 613 g/mol. The number of para-hydroxylation sites is 1. The van der Waals surface area contributed by atoms with E-state index >= 15 is 0 Å². The molecule has 0 aliphatic carbocycles. The minimum Gasteiger partial charge on any atom is -0.245 e. The van der Waals surface area contributed by atoms with E-state index in [1.165, 1.54) is 0 Å². The van der Waals surface area contributed by atoms with Crippen molar-refractivity contribution >= 4 is 27.8 Å². The molecule has 6 aromatic carbocycles. The third-order valence-corrected chi connectivity index (χ3v) is 8.34. The van der Waals surface area contributed by atoms with Gasteiger partial charge in [-0.05, 0) is 41.5 Å². The van der Waals surface area contributed by atoms with Gasteiger partial charge in [0.05, 0.1) is 63.0 Å². The van der Waals surface area contributed by atoms with Crippen LogP contribution in [0.2, 0.25) is 0 Å². The van der Waals surface area contributed by atoms with Crippen LogP contribution >= 0.6 is 0 Å². The fourth-order valence-corrected chi connectivity index (χ4v) is 6.00. The lowest BCUT2D eigenvalue weighted by molar-refractivity contribution is 1.28. The second kappa shape index (κ2) is 12.1. The lowest BCUT2D eigenvalue weighted by atomic mass is 9.99. The van der Waals surface area contributed by atoms with Gasteiger partial charge in [0.25, 0.3) is 0 Å². The summed E-state index contributed by atoms with van der Waals surface area (Å²) in [4.78, 5) is 24.2. The van der Waals surface area contributed by atoms with Gasteiger partial charge < -0.3 is 0 Å². The Labute approximate surface area is 277 Å². The smallest absolute Gasteiger partial charge is 0.196 e. The van der Waals surface area contributed by atoms with Crippen LogP contribution in [-0.2, 0) is 0 Å². The molecule has 0 spiro atoms. The van der Waals surface area contributed by atoms with Crippen molar-refractivity contribution in [1.82, 2.24) is 19.9 Å². The molecule has 8 aromatic rings. The Balaban J connectivity index is 1.30. The topological polar surface area (TPSA) is 79.7 Å². The van der Waals surface area contributed by atoms with Gasteiger partial charge >= 0.3 is 0 Å². The van der Waals surface area contributed by atoms with E-state index in [4.69, 9.17) is 26.5 Å². The van der Waals surface area contributed by atoms with Crippen molar-refractivity contribution in [1.29, 1.82) is 5.26 Å². The Morgan fingerprint density at radius 1 is 0.438 bits per heavy atom. The maximum atomic E-state index is 9.91. The Bertz CT molecular complexity index is 2400. The van der Waals surface area contributed by atoms with Crippen LogP contribution in [0.25, 0.3) is 83.1 Å². The summed E-state index contributed by atoms with van der Waals surface area (Å²) < 4.78 is 0. The zero-order chi connectivity index (χ0) is 32.5. The first-order valence-electron chi connectivity index (χ1n) is 15.4. The van der Waals surface area contributed by atoms with E-state index in [0.29, 0.717) is 28.2 Å². The fourth-order valence-electron chi connectivity index (χ4n) is 6.00. The SMILES string of the molecule is [C-]#[N+]c1ccccc1-c1nc2cc(-c3ccc4nc(-c5ccccc5)c(-c5ccccc5C#N)nc4c3)ccc2nc1-c1ccccc1. The highest BCUT2D eigenvalue weighted by Crippen LogP contribution is 2.38. The van der Waals surface area contributed by atoms with Crippen LogP contribution < -0.4 is 0 Å².